The minimum Gasteiger partial charge on any atom is -0.444 e. The van der Waals surface area contributed by atoms with Crippen LogP contribution >= 0.6 is 0 Å². The average molecular weight is 265 g/mol. The number of carbonyl (C=O) groups excluding carboxylic acids is 1. The number of oxazole rings is 1. The number of aryl methyl sites for hydroxylation is 1. The van der Waals surface area contributed by atoms with Crippen LogP contribution in [0, 0.1) is 6.92 Å². The molecule has 1 amide bonds. The summed E-state index contributed by atoms with van der Waals surface area (Å²) in [5, 5.41) is 6.30. The van der Waals surface area contributed by atoms with Crippen LogP contribution in [0.5, 0.6) is 0 Å². The van der Waals surface area contributed by atoms with E-state index in [1.165, 1.54) is 12.8 Å². The number of hydrogen-bond acceptors (Lipinski definition) is 4. The fraction of sp³-hybridized carbons (Fsp3) is 0.714. The molecule has 1 saturated carbocycles. The summed E-state index contributed by atoms with van der Waals surface area (Å²) >= 11 is 0. The minimum atomic E-state index is -0.247. The van der Waals surface area contributed by atoms with Crippen LogP contribution < -0.4 is 10.6 Å². The van der Waals surface area contributed by atoms with Gasteiger partial charge in [-0.25, -0.2) is 4.98 Å². The molecule has 5 nitrogen and oxygen atoms in total. The molecule has 1 aromatic rings. The smallest absolute Gasteiger partial charge is 0.237 e. The Morgan fingerprint density at radius 2 is 2.11 bits per heavy atom. The Labute approximate surface area is 114 Å². The number of carbonyl (C=O) groups is 1. The monoisotopic (exact) mass is 265 g/mol. The summed E-state index contributed by atoms with van der Waals surface area (Å²) in [6.07, 6.45) is 6.34. The van der Waals surface area contributed by atoms with Gasteiger partial charge in [-0.15, -0.1) is 0 Å². The van der Waals surface area contributed by atoms with E-state index < -0.39 is 0 Å². The van der Waals surface area contributed by atoms with Gasteiger partial charge >= 0.3 is 0 Å². The van der Waals surface area contributed by atoms with Gasteiger partial charge in [0.25, 0.3) is 0 Å². The van der Waals surface area contributed by atoms with Crippen molar-refractivity contribution in [3.8, 4) is 0 Å². The van der Waals surface area contributed by atoms with E-state index in [9.17, 15) is 4.79 Å². The van der Waals surface area contributed by atoms with Gasteiger partial charge in [-0.3, -0.25) is 10.1 Å². The first-order valence-electron chi connectivity index (χ1n) is 7.05. The number of nitrogens with zero attached hydrogens (tertiary/aromatic N) is 1. The third kappa shape index (κ3) is 3.80. The van der Waals surface area contributed by atoms with Gasteiger partial charge in [0.2, 0.25) is 11.8 Å². The number of hydrogen-bond donors (Lipinski definition) is 2. The van der Waals surface area contributed by atoms with Crippen LogP contribution in [0.2, 0.25) is 0 Å². The van der Waals surface area contributed by atoms with Gasteiger partial charge in [0.1, 0.15) is 5.76 Å². The molecule has 106 valence electrons. The molecule has 0 radical (unpaired) electrons. The highest BCUT2D eigenvalue weighted by molar-refractivity contribution is 5.81. The van der Waals surface area contributed by atoms with Gasteiger partial charge in [0, 0.05) is 6.04 Å². The zero-order valence-electron chi connectivity index (χ0n) is 11.9. The van der Waals surface area contributed by atoms with Crippen LogP contribution in [0.15, 0.2) is 10.6 Å². The van der Waals surface area contributed by atoms with Crippen LogP contribution in [0.25, 0.3) is 0 Å². The Bertz CT molecular complexity index is 424. The summed E-state index contributed by atoms with van der Waals surface area (Å²) < 4.78 is 5.45. The van der Waals surface area contributed by atoms with E-state index in [-0.39, 0.29) is 18.0 Å². The van der Waals surface area contributed by atoms with E-state index in [0.717, 1.165) is 18.6 Å². The predicted molar refractivity (Wildman–Crippen MR) is 72.7 cm³/mol. The first-order chi connectivity index (χ1) is 9.06. The van der Waals surface area contributed by atoms with Crippen molar-refractivity contribution >= 4 is 5.91 Å². The summed E-state index contributed by atoms with van der Waals surface area (Å²) in [5.74, 6) is 1.46. The summed E-state index contributed by atoms with van der Waals surface area (Å²) in [6.45, 7) is 5.68. The molecular formula is C14H23N3O2. The molecule has 1 aliphatic rings. The second-order valence-corrected chi connectivity index (χ2v) is 5.41. The van der Waals surface area contributed by atoms with Crippen LogP contribution in [0.3, 0.4) is 0 Å². The van der Waals surface area contributed by atoms with Crippen molar-refractivity contribution < 1.29 is 9.21 Å². The maximum Gasteiger partial charge on any atom is 0.237 e. The largest absolute Gasteiger partial charge is 0.444 e. The van der Waals surface area contributed by atoms with Crippen LogP contribution in [-0.4, -0.2) is 23.0 Å². The number of amides is 1. The van der Waals surface area contributed by atoms with E-state index in [1.54, 1.807) is 6.20 Å². The molecule has 5 heteroatoms. The first kappa shape index (κ1) is 14.1. The lowest BCUT2D eigenvalue weighted by atomic mass is 10.2. The highest BCUT2D eigenvalue weighted by atomic mass is 16.4. The fourth-order valence-corrected chi connectivity index (χ4v) is 2.49. The Hall–Kier alpha value is -1.36. The van der Waals surface area contributed by atoms with Gasteiger partial charge < -0.3 is 9.73 Å². The van der Waals surface area contributed by atoms with Gasteiger partial charge in [0.15, 0.2) is 0 Å². The maximum atomic E-state index is 12.0. The summed E-state index contributed by atoms with van der Waals surface area (Å²) in [7, 11) is 0. The molecule has 2 unspecified atom stereocenters. The molecule has 19 heavy (non-hydrogen) atoms. The Balaban J connectivity index is 1.82. The zero-order chi connectivity index (χ0) is 13.8. The van der Waals surface area contributed by atoms with E-state index in [0.29, 0.717) is 11.9 Å². The van der Waals surface area contributed by atoms with Crippen LogP contribution in [0.4, 0.5) is 0 Å². The summed E-state index contributed by atoms with van der Waals surface area (Å²) in [4.78, 5) is 16.2. The van der Waals surface area contributed by atoms with E-state index in [1.807, 2.05) is 20.8 Å². The Morgan fingerprint density at radius 3 is 2.68 bits per heavy atom. The Kier molecular flexibility index (Phi) is 4.58. The number of aromatic nitrogens is 1. The van der Waals surface area contributed by atoms with Crippen molar-refractivity contribution in [2.75, 3.05) is 0 Å². The zero-order valence-corrected chi connectivity index (χ0v) is 11.9. The topological polar surface area (TPSA) is 67.2 Å². The molecular weight excluding hydrogens is 242 g/mol. The van der Waals surface area contributed by atoms with Gasteiger partial charge in [-0.2, -0.15) is 0 Å². The molecule has 1 heterocycles. The average Bonchev–Trinajstić information content (AvgIpc) is 3.00. The summed E-state index contributed by atoms with van der Waals surface area (Å²) in [5.41, 5.74) is 0. The minimum absolute atomic E-state index is 0.0574. The molecule has 2 atom stereocenters. The third-order valence-electron chi connectivity index (χ3n) is 3.60. The van der Waals surface area contributed by atoms with Crippen molar-refractivity contribution in [3.05, 3.63) is 17.8 Å². The molecule has 0 spiro atoms. The van der Waals surface area contributed by atoms with Gasteiger partial charge in [-0.05, 0) is 33.6 Å². The van der Waals surface area contributed by atoms with Crippen molar-refractivity contribution in [1.29, 1.82) is 0 Å². The van der Waals surface area contributed by atoms with E-state index in [2.05, 4.69) is 15.6 Å². The summed E-state index contributed by atoms with van der Waals surface area (Å²) in [6, 6.07) is 0.0388. The van der Waals surface area contributed by atoms with Crippen LogP contribution in [0.1, 0.15) is 57.2 Å². The lowest BCUT2D eigenvalue weighted by molar-refractivity contribution is -0.123. The maximum absolute atomic E-state index is 12.0. The molecule has 0 aromatic carbocycles. The molecule has 0 saturated heterocycles. The molecule has 1 aliphatic carbocycles. The predicted octanol–water partition coefficient (Wildman–Crippen LogP) is 2.08. The number of nitrogens with one attached hydrogen (secondary N) is 2. The fourth-order valence-electron chi connectivity index (χ4n) is 2.49. The molecule has 0 bridgehead atoms. The van der Waals surface area contributed by atoms with Gasteiger partial charge in [0.05, 0.1) is 18.3 Å². The Morgan fingerprint density at radius 1 is 1.42 bits per heavy atom. The molecule has 1 aromatic heterocycles. The molecule has 1 fully saturated rings. The molecule has 0 aliphatic heterocycles. The van der Waals surface area contributed by atoms with Gasteiger partial charge in [-0.1, -0.05) is 12.8 Å². The highest BCUT2D eigenvalue weighted by Gasteiger charge is 2.22. The van der Waals surface area contributed by atoms with Crippen molar-refractivity contribution in [1.82, 2.24) is 15.6 Å². The van der Waals surface area contributed by atoms with Crippen LogP contribution in [-0.2, 0) is 4.79 Å². The normalized spacial score (nSPS) is 19.3. The van der Waals surface area contributed by atoms with Crippen molar-refractivity contribution in [2.24, 2.45) is 0 Å². The molecule has 2 rings (SSSR count). The van der Waals surface area contributed by atoms with E-state index in [4.69, 9.17) is 4.42 Å². The lowest BCUT2D eigenvalue weighted by Crippen LogP contribution is -2.46. The third-order valence-corrected chi connectivity index (χ3v) is 3.60. The quantitative estimate of drug-likeness (QED) is 0.855. The highest BCUT2D eigenvalue weighted by Crippen LogP contribution is 2.18. The molecule has 2 N–H and O–H groups in total. The SMILES string of the molecule is Cc1cnc(C(C)NC(C)C(=O)NC2CCCC2)o1. The van der Waals surface area contributed by atoms with E-state index >= 15 is 0 Å². The van der Waals surface area contributed by atoms with Crippen molar-refractivity contribution in [2.45, 2.75) is 64.6 Å². The standard InChI is InChI=1S/C14H23N3O2/c1-9-8-15-14(19-9)11(3)16-10(2)13(18)17-12-6-4-5-7-12/h8,10-12,16H,4-7H2,1-3H3,(H,17,18). The van der Waals surface area contributed by atoms with Crippen molar-refractivity contribution in [3.63, 3.8) is 0 Å². The second-order valence-electron chi connectivity index (χ2n) is 5.41. The number of rotatable bonds is 5. The second kappa shape index (κ2) is 6.19. The first-order valence-corrected chi connectivity index (χ1v) is 7.05. The lowest BCUT2D eigenvalue weighted by Gasteiger charge is -2.20.